The van der Waals surface area contributed by atoms with E-state index in [0.29, 0.717) is 0 Å². The minimum Gasteiger partial charge on any atom is -0.206 e. The van der Waals surface area contributed by atoms with E-state index < -0.39 is 11.6 Å². The SMILES string of the molecule is CCCCC[CH]CCCc1ccc(SC(F)F)c(F)c1. The number of thioether (sulfide) groups is 1. The van der Waals surface area contributed by atoms with Gasteiger partial charge in [0, 0.05) is 4.90 Å². The molecule has 1 rings (SSSR count). The molecule has 0 saturated carbocycles. The van der Waals surface area contributed by atoms with E-state index >= 15 is 0 Å². The molecule has 0 unspecified atom stereocenters. The molecule has 0 spiro atoms. The van der Waals surface area contributed by atoms with Crippen molar-refractivity contribution in [1.82, 2.24) is 0 Å². The van der Waals surface area contributed by atoms with Gasteiger partial charge in [0.25, 0.3) is 5.76 Å². The molecule has 0 aliphatic carbocycles. The number of alkyl halides is 2. The number of aryl methyl sites for hydroxylation is 1. The summed E-state index contributed by atoms with van der Waals surface area (Å²) in [6.07, 6.45) is 9.97. The van der Waals surface area contributed by atoms with Gasteiger partial charge in [0.1, 0.15) is 5.82 Å². The van der Waals surface area contributed by atoms with E-state index in [0.717, 1.165) is 31.2 Å². The Balaban J connectivity index is 2.25. The molecule has 0 aliphatic rings. The summed E-state index contributed by atoms with van der Waals surface area (Å²) in [6.45, 7) is 2.19. The van der Waals surface area contributed by atoms with Crippen LogP contribution in [-0.4, -0.2) is 5.76 Å². The van der Waals surface area contributed by atoms with Gasteiger partial charge in [-0.1, -0.05) is 50.4 Å². The smallest absolute Gasteiger partial charge is 0.206 e. The average Bonchev–Trinajstić information content (AvgIpc) is 2.40. The minimum absolute atomic E-state index is 0.0230. The van der Waals surface area contributed by atoms with Crippen LogP contribution in [0, 0.1) is 12.2 Å². The van der Waals surface area contributed by atoms with E-state index in [2.05, 4.69) is 13.3 Å². The van der Waals surface area contributed by atoms with Crippen LogP contribution in [0.25, 0.3) is 0 Å². The second kappa shape index (κ2) is 10.1. The zero-order valence-corrected chi connectivity index (χ0v) is 12.7. The molecule has 113 valence electrons. The van der Waals surface area contributed by atoms with Crippen molar-refractivity contribution in [2.45, 2.75) is 62.5 Å². The molecule has 0 aliphatic heterocycles. The van der Waals surface area contributed by atoms with E-state index in [1.165, 1.54) is 31.4 Å². The van der Waals surface area contributed by atoms with E-state index in [4.69, 9.17) is 0 Å². The van der Waals surface area contributed by atoms with Gasteiger partial charge in [0.2, 0.25) is 0 Å². The number of hydrogen-bond donors (Lipinski definition) is 0. The van der Waals surface area contributed by atoms with Crippen LogP contribution in [0.5, 0.6) is 0 Å². The Kier molecular flexibility index (Phi) is 8.83. The summed E-state index contributed by atoms with van der Waals surface area (Å²) in [5, 5.41) is 0. The third-order valence-electron chi connectivity index (χ3n) is 3.10. The molecular formula is C16H22F3S. The van der Waals surface area contributed by atoms with Gasteiger partial charge in [-0.25, -0.2) is 4.39 Å². The maximum absolute atomic E-state index is 13.6. The molecule has 0 bridgehead atoms. The summed E-state index contributed by atoms with van der Waals surface area (Å²) in [6, 6.07) is 4.57. The minimum atomic E-state index is -2.58. The molecule has 0 fully saturated rings. The largest absolute Gasteiger partial charge is 0.289 e. The molecule has 0 amide bonds. The number of benzene rings is 1. The molecule has 0 heterocycles. The summed E-state index contributed by atoms with van der Waals surface area (Å²) in [4.78, 5) is 0.0230. The summed E-state index contributed by atoms with van der Waals surface area (Å²) in [7, 11) is 0. The zero-order valence-electron chi connectivity index (χ0n) is 11.9. The Labute approximate surface area is 124 Å². The summed E-state index contributed by atoms with van der Waals surface area (Å²) in [5.74, 6) is -3.12. The van der Waals surface area contributed by atoms with Gasteiger partial charge in [-0.15, -0.1) is 0 Å². The molecule has 0 saturated heterocycles. The van der Waals surface area contributed by atoms with Gasteiger partial charge in [-0.3, -0.25) is 0 Å². The molecule has 1 aromatic carbocycles. The third-order valence-corrected chi connectivity index (χ3v) is 3.86. The van der Waals surface area contributed by atoms with Crippen molar-refractivity contribution in [1.29, 1.82) is 0 Å². The molecule has 1 aromatic rings. The second-order valence-electron chi connectivity index (χ2n) is 4.82. The first-order valence-electron chi connectivity index (χ1n) is 7.18. The Morgan fingerprint density at radius 2 is 1.90 bits per heavy atom. The van der Waals surface area contributed by atoms with Gasteiger partial charge in [0.05, 0.1) is 0 Å². The van der Waals surface area contributed by atoms with E-state index in [9.17, 15) is 13.2 Å². The van der Waals surface area contributed by atoms with Crippen molar-refractivity contribution in [2.75, 3.05) is 0 Å². The summed E-state index contributed by atoms with van der Waals surface area (Å²) < 4.78 is 37.9. The summed E-state index contributed by atoms with van der Waals surface area (Å²) in [5.41, 5.74) is 0.878. The third kappa shape index (κ3) is 7.22. The van der Waals surface area contributed by atoms with Crippen LogP contribution in [0.3, 0.4) is 0 Å². The normalized spacial score (nSPS) is 11.2. The average molecular weight is 303 g/mol. The van der Waals surface area contributed by atoms with Gasteiger partial charge in [-0.05, 0) is 43.4 Å². The van der Waals surface area contributed by atoms with Gasteiger partial charge >= 0.3 is 0 Å². The molecule has 20 heavy (non-hydrogen) atoms. The van der Waals surface area contributed by atoms with Crippen molar-refractivity contribution in [2.24, 2.45) is 0 Å². The monoisotopic (exact) mass is 303 g/mol. The van der Waals surface area contributed by atoms with E-state index in [-0.39, 0.29) is 16.7 Å². The van der Waals surface area contributed by atoms with E-state index in [1.54, 1.807) is 6.07 Å². The Morgan fingerprint density at radius 1 is 1.15 bits per heavy atom. The van der Waals surface area contributed by atoms with Crippen LogP contribution in [0.2, 0.25) is 0 Å². The highest BCUT2D eigenvalue weighted by Crippen LogP contribution is 2.28. The zero-order chi connectivity index (χ0) is 14.8. The lowest BCUT2D eigenvalue weighted by molar-refractivity contribution is 0.251. The molecular weight excluding hydrogens is 281 g/mol. The second-order valence-corrected chi connectivity index (χ2v) is 5.85. The molecule has 0 nitrogen and oxygen atoms in total. The lowest BCUT2D eigenvalue weighted by atomic mass is 10.0. The highest BCUT2D eigenvalue weighted by atomic mass is 32.2. The topological polar surface area (TPSA) is 0 Å². The van der Waals surface area contributed by atoms with Gasteiger partial charge in [0.15, 0.2) is 0 Å². The van der Waals surface area contributed by atoms with Crippen LogP contribution in [0.4, 0.5) is 13.2 Å². The standard InChI is InChI=1S/C16H22F3S/c1-2-3-4-5-6-7-8-9-13-10-11-15(14(17)12-13)20-16(18)19/h6,10-12,16H,2-5,7-9H2,1H3. The first-order chi connectivity index (χ1) is 9.63. The predicted molar refractivity (Wildman–Crippen MR) is 79.6 cm³/mol. The van der Waals surface area contributed by atoms with Crippen molar-refractivity contribution < 1.29 is 13.2 Å². The maximum Gasteiger partial charge on any atom is 0.289 e. The highest BCUT2D eigenvalue weighted by molar-refractivity contribution is 7.99. The van der Waals surface area contributed by atoms with Gasteiger partial charge in [-0.2, -0.15) is 8.78 Å². The lowest BCUT2D eigenvalue weighted by Crippen LogP contribution is -1.91. The Bertz CT molecular complexity index is 380. The number of hydrogen-bond acceptors (Lipinski definition) is 1. The Morgan fingerprint density at radius 3 is 2.55 bits per heavy atom. The van der Waals surface area contributed by atoms with Crippen LogP contribution < -0.4 is 0 Å². The Hall–Kier alpha value is -0.640. The molecule has 0 atom stereocenters. The molecule has 4 heteroatoms. The van der Waals surface area contributed by atoms with Crippen molar-refractivity contribution in [3.8, 4) is 0 Å². The van der Waals surface area contributed by atoms with Crippen LogP contribution in [0.1, 0.15) is 51.0 Å². The molecule has 0 aromatic heterocycles. The maximum atomic E-state index is 13.6. The van der Waals surface area contributed by atoms with Gasteiger partial charge < -0.3 is 0 Å². The van der Waals surface area contributed by atoms with Crippen molar-refractivity contribution in [3.05, 3.63) is 36.0 Å². The van der Waals surface area contributed by atoms with Crippen LogP contribution in [-0.2, 0) is 6.42 Å². The van der Waals surface area contributed by atoms with Crippen molar-refractivity contribution in [3.63, 3.8) is 0 Å². The number of rotatable bonds is 10. The first kappa shape index (κ1) is 17.4. The molecule has 0 N–H and O–H groups in total. The highest BCUT2D eigenvalue weighted by Gasteiger charge is 2.10. The van der Waals surface area contributed by atoms with E-state index in [1.807, 2.05) is 0 Å². The predicted octanol–water partition coefficient (Wildman–Crippen LogP) is 6.25. The van der Waals surface area contributed by atoms with Crippen LogP contribution >= 0.6 is 11.8 Å². The van der Waals surface area contributed by atoms with Crippen molar-refractivity contribution >= 4 is 11.8 Å². The first-order valence-corrected chi connectivity index (χ1v) is 8.06. The fraction of sp³-hybridized carbons (Fsp3) is 0.562. The summed E-state index contributed by atoms with van der Waals surface area (Å²) >= 11 is 0.259. The van der Waals surface area contributed by atoms with Crippen LogP contribution in [0.15, 0.2) is 23.1 Å². The molecule has 1 radical (unpaired) electrons. The number of halogens is 3. The fourth-order valence-electron chi connectivity index (χ4n) is 2.02. The quantitative estimate of drug-likeness (QED) is 0.364. The number of unbranched alkanes of at least 4 members (excludes halogenated alkanes) is 6. The fourth-order valence-corrected chi connectivity index (χ4v) is 2.54. The lowest BCUT2D eigenvalue weighted by Gasteiger charge is -2.06.